The van der Waals surface area contributed by atoms with Crippen molar-refractivity contribution < 1.29 is 4.74 Å². The van der Waals surface area contributed by atoms with Crippen molar-refractivity contribution in [3.8, 4) is 0 Å². The molecule has 0 aliphatic rings. The molecule has 0 amide bonds. The summed E-state index contributed by atoms with van der Waals surface area (Å²) in [6, 6.07) is 0. The fourth-order valence-electron chi connectivity index (χ4n) is 0.217. The molecule has 40 valence electrons. The van der Waals surface area contributed by atoms with E-state index in [1.165, 1.54) is 0 Å². The smallest absolute Gasteiger partial charge is 0.216 e. The van der Waals surface area contributed by atoms with Crippen LogP contribution in [-0.4, -0.2) is 12.2 Å². The van der Waals surface area contributed by atoms with Crippen LogP contribution in [0, 0.1) is 27.7 Å². The Balaban J connectivity index is 3.15. The van der Waals surface area contributed by atoms with Gasteiger partial charge in [0.05, 0.1) is 0 Å². The van der Waals surface area contributed by atoms with E-state index in [0.29, 0.717) is 6.61 Å². The standard InChI is InChI=1S/C6H10O/c1-5-7-6(2,3)4/h1-5H2. The molecule has 0 rings (SSSR count). The summed E-state index contributed by atoms with van der Waals surface area (Å²) in [7, 11) is 0. The molecule has 0 aromatic heterocycles. The maximum Gasteiger partial charge on any atom is 0.216 e. The Hall–Kier alpha value is -0.300. The minimum absolute atomic E-state index is 0.372. The molecule has 0 atom stereocenters. The third kappa shape index (κ3) is 5.70. The molecule has 0 N–H and O–H groups in total. The lowest BCUT2D eigenvalue weighted by Gasteiger charge is -2.12. The summed E-state index contributed by atoms with van der Waals surface area (Å²) >= 11 is 0. The van der Waals surface area contributed by atoms with Gasteiger partial charge in [-0.15, -0.1) is 0 Å². The highest BCUT2D eigenvalue weighted by atomic mass is 16.5. The summed E-state index contributed by atoms with van der Waals surface area (Å²) in [4.78, 5) is 0. The van der Waals surface area contributed by atoms with Crippen molar-refractivity contribution in [1.82, 2.24) is 0 Å². The van der Waals surface area contributed by atoms with Gasteiger partial charge in [0.2, 0.25) is 5.60 Å². The zero-order valence-corrected chi connectivity index (χ0v) is 4.44. The molecule has 0 aromatic rings. The molecule has 0 saturated carbocycles. The maximum absolute atomic E-state index is 4.78. The van der Waals surface area contributed by atoms with Gasteiger partial charge < -0.3 is 11.7 Å². The summed E-state index contributed by atoms with van der Waals surface area (Å²) in [5.74, 6) is 0. The van der Waals surface area contributed by atoms with E-state index in [4.69, 9.17) is 4.74 Å². The molecule has 0 saturated heterocycles. The Kier molecular flexibility index (Phi) is 2.03. The third-order valence-electron chi connectivity index (χ3n) is 0.408. The van der Waals surface area contributed by atoms with E-state index in [1.54, 1.807) is 0 Å². The predicted octanol–water partition coefficient (Wildman–Crippen LogP) is 1.08. The number of hydrogen-bond donors (Lipinski definition) is 0. The summed E-state index contributed by atoms with van der Waals surface area (Å²) < 4.78 is 4.78. The minimum atomic E-state index is -0.762. The normalized spacial score (nSPS) is 11.7. The minimum Gasteiger partial charge on any atom is -0.358 e. The van der Waals surface area contributed by atoms with Crippen molar-refractivity contribution in [2.75, 3.05) is 6.61 Å². The van der Waals surface area contributed by atoms with Crippen LogP contribution >= 0.6 is 0 Å². The van der Waals surface area contributed by atoms with Gasteiger partial charge in [0, 0.05) is 0 Å². The molecule has 0 spiro atoms. The van der Waals surface area contributed by atoms with E-state index in [2.05, 4.69) is 27.7 Å². The van der Waals surface area contributed by atoms with Gasteiger partial charge in [-0.2, -0.15) is 0 Å². The number of ether oxygens (including phenoxy) is 1. The molecular formula is C6H10O. The molecule has 0 aromatic carbocycles. The second-order valence-corrected chi connectivity index (χ2v) is 1.53. The molecule has 0 radical (unpaired) electrons. The summed E-state index contributed by atoms with van der Waals surface area (Å²) in [6.45, 7) is 14.2. The Labute approximate surface area is 45.7 Å². The molecule has 7 heavy (non-hydrogen) atoms. The van der Waals surface area contributed by atoms with Crippen LogP contribution in [0.1, 0.15) is 0 Å². The van der Waals surface area contributed by atoms with Crippen LogP contribution in [-0.2, 0) is 4.74 Å². The molecule has 0 heterocycles. The van der Waals surface area contributed by atoms with Gasteiger partial charge >= 0.3 is 0 Å². The van der Waals surface area contributed by atoms with Crippen molar-refractivity contribution >= 4 is 0 Å². The number of hydrogen-bond acceptors (Lipinski definition) is 1. The van der Waals surface area contributed by atoms with E-state index < -0.39 is 5.60 Å². The van der Waals surface area contributed by atoms with Gasteiger partial charge in [-0.25, -0.2) is 6.92 Å². The Morgan fingerprint density at radius 3 is 2.00 bits per heavy atom. The van der Waals surface area contributed by atoms with Crippen molar-refractivity contribution in [2.24, 2.45) is 0 Å². The van der Waals surface area contributed by atoms with Gasteiger partial charge in [-0.1, -0.05) is 6.61 Å². The first-order valence-electron chi connectivity index (χ1n) is 2.05. The Morgan fingerprint density at radius 1 is 1.57 bits per heavy atom. The van der Waals surface area contributed by atoms with E-state index >= 15 is 0 Å². The Morgan fingerprint density at radius 2 is 2.00 bits per heavy atom. The topological polar surface area (TPSA) is 9.23 Å². The zero-order valence-electron chi connectivity index (χ0n) is 4.44. The highest BCUT2D eigenvalue weighted by Crippen LogP contribution is 2.02. The van der Waals surface area contributed by atoms with E-state index in [0.717, 1.165) is 0 Å². The quantitative estimate of drug-likeness (QED) is 0.469. The molecule has 1 heteroatoms. The van der Waals surface area contributed by atoms with E-state index in [1.807, 2.05) is 0 Å². The first kappa shape index (κ1) is 6.70. The molecule has 0 aliphatic heterocycles. The first-order valence-corrected chi connectivity index (χ1v) is 2.05. The van der Waals surface area contributed by atoms with Crippen LogP contribution in [0.25, 0.3) is 0 Å². The summed E-state index contributed by atoms with van der Waals surface area (Å²) in [5.41, 5.74) is -0.762. The molecule has 1 nitrogen and oxygen atoms in total. The summed E-state index contributed by atoms with van der Waals surface area (Å²) in [5, 5.41) is 0. The van der Waals surface area contributed by atoms with E-state index in [-0.39, 0.29) is 0 Å². The van der Waals surface area contributed by atoms with Gasteiger partial charge in [0.25, 0.3) is 0 Å². The van der Waals surface area contributed by atoms with E-state index in [9.17, 15) is 0 Å². The molecule has 0 fully saturated rings. The van der Waals surface area contributed by atoms with Gasteiger partial charge in [0.1, 0.15) is 13.8 Å². The number of rotatable bonds is 2. The fourth-order valence-corrected chi connectivity index (χ4v) is 0.217. The lowest BCUT2D eigenvalue weighted by atomic mass is 10.2. The van der Waals surface area contributed by atoms with Crippen molar-refractivity contribution in [3.05, 3.63) is 27.7 Å². The fraction of sp³-hybridized carbons (Fsp3) is 0.333. The average molecular weight is 98.1 g/mol. The predicted molar refractivity (Wildman–Crippen MR) is 30.1 cm³/mol. The second-order valence-electron chi connectivity index (χ2n) is 1.53. The van der Waals surface area contributed by atoms with Gasteiger partial charge in [-0.3, -0.25) is 0 Å². The highest BCUT2D eigenvalue weighted by molar-refractivity contribution is 4.88. The molecule has 0 bridgehead atoms. The van der Waals surface area contributed by atoms with Crippen molar-refractivity contribution in [2.45, 2.75) is 5.60 Å². The van der Waals surface area contributed by atoms with Crippen LogP contribution in [0.2, 0.25) is 0 Å². The largest absolute Gasteiger partial charge is 0.358 e. The van der Waals surface area contributed by atoms with Crippen LogP contribution in [0.3, 0.4) is 0 Å². The van der Waals surface area contributed by atoms with Crippen LogP contribution in [0.5, 0.6) is 0 Å². The van der Waals surface area contributed by atoms with Crippen LogP contribution in [0.4, 0.5) is 0 Å². The highest BCUT2D eigenvalue weighted by Gasteiger charge is 2.14. The maximum atomic E-state index is 4.78. The van der Waals surface area contributed by atoms with Crippen LogP contribution < -0.4 is 0 Å². The molecule has 0 aliphatic carbocycles. The lowest BCUT2D eigenvalue weighted by Crippen LogP contribution is -2.19. The second kappa shape index (κ2) is 2.12. The lowest BCUT2D eigenvalue weighted by molar-refractivity contribution is 0.0769. The molecule has 0 unspecified atom stereocenters. The zero-order chi connectivity index (χ0) is 5.91. The van der Waals surface area contributed by atoms with Gasteiger partial charge in [-0.05, 0) is 0 Å². The third-order valence-corrected chi connectivity index (χ3v) is 0.408. The monoisotopic (exact) mass is 98.1 g/mol. The first-order chi connectivity index (χ1) is 3.06. The van der Waals surface area contributed by atoms with Crippen molar-refractivity contribution in [1.29, 1.82) is 0 Å². The van der Waals surface area contributed by atoms with Crippen molar-refractivity contribution in [3.63, 3.8) is 0 Å². The Bertz CT molecular complexity index is 42.6. The average Bonchev–Trinajstić information content (AvgIpc) is 1.30. The van der Waals surface area contributed by atoms with Crippen LogP contribution in [0.15, 0.2) is 0 Å². The summed E-state index contributed by atoms with van der Waals surface area (Å²) in [6.07, 6.45) is 0. The van der Waals surface area contributed by atoms with Gasteiger partial charge in [0.15, 0.2) is 0 Å². The molecular weight excluding hydrogens is 88.1 g/mol. The SMILES string of the molecule is [CH2+]C([CH2+])([CH2-])OC[CH2-].